The summed E-state index contributed by atoms with van der Waals surface area (Å²) in [6.45, 7) is 4.47. The van der Waals surface area contributed by atoms with Crippen LogP contribution in [0.1, 0.15) is 25.8 Å². The molecule has 0 aromatic heterocycles. The van der Waals surface area contributed by atoms with Gasteiger partial charge < -0.3 is 15.4 Å². The Morgan fingerprint density at radius 2 is 2.24 bits per heavy atom. The Morgan fingerprint density at radius 1 is 1.53 bits per heavy atom. The van der Waals surface area contributed by atoms with Gasteiger partial charge >= 0.3 is 7.05 Å². The zero-order valence-electron chi connectivity index (χ0n) is 10.3. The number of nitrogens with two attached hydrogens (primary N) is 1. The highest BCUT2D eigenvalue weighted by atomic mass is 19.1. The zero-order valence-corrected chi connectivity index (χ0v) is 10.3. The lowest BCUT2D eigenvalue weighted by Crippen LogP contribution is -2.45. The van der Waals surface area contributed by atoms with Crippen molar-refractivity contribution >= 4 is 12.5 Å². The van der Waals surface area contributed by atoms with E-state index in [1.54, 1.807) is 6.07 Å². The van der Waals surface area contributed by atoms with Crippen LogP contribution in [0, 0.1) is 11.7 Å². The van der Waals surface area contributed by atoms with Crippen LogP contribution in [0.15, 0.2) is 18.2 Å². The number of rotatable bonds is 6. The quantitative estimate of drug-likeness (QED) is 0.729. The molecule has 5 heteroatoms. The molecule has 0 spiro atoms. The fraction of sp³-hybridized carbons (Fsp3) is 0.500. The maximum atomic E-state index is 13.0. The lowest BCUT2D eigenvalue weighted by Gasteiger charge is -2.15. The minimum Gasteiger partial charge on any atom is -0.418 e. The van der Waals surface area contributed by atoms with Gasteiger partial charge in [0.2, 0.25) is 0 Å². The van der Waals surface area contributed by atoms with Gasteiger partial charge in [-0.05, 0) is 29.1 Å². The molecule has 94 valence electrons. The summed E-state index contributed by atoms with van der Waals surface area (Å²) in [5.74, 6) is 0.0472. The Labute approximate surface area is 102 Å². The van der Waals surface area contributed by atoms with E-state index in [0.29, 0.717) is 23.6 Å². The highest BCUT2D eigenvalue weighted by Gasteiger charge is 2.18. The summed E-state index contributed by atoms with van der Waals surface area (Å²) >= 11 is 0. The maximum absolute atomic E-state index is 13.0. The van der Waals surface area contributed by atoms with Crippen LogP contribution < -0.4 is 11.1 Å². The summed E-state index contributed by atoms with van der Waals surface area (Å²) in [5, 5.41) is 9.14. The summed E-state index contributed by atoms with van der Waals surface area (Å²) in [6.07, 6.45) is 1.02. The summed E-state index contributed by atoms with van der Waals surface area (Å²) in [5.41, 5.74) is 6.98. The highest BCUT2D eigenvalue weighted by Crippen LogP contribution is 2.04. The second-order valence-electron chi connectivity index (χ2n) is 4.27. The van der Waals surface area contributed by atoms with Crippen LogP contribution in [0.25, 0.3) is 0 Å². The van der Waals surface area contributed by atoms with E-state index in [0.717, 1.165) is 6.42 Å². The third-order valence-corrected chi connectivity index (χ3v) is 2.84. The molecule has 0 radical (unpaired) electrons. The molecule has 0 amide bonds. The van der Waals surface area contributed by atoms with Gasteiger partial charge in [-0.1, -0.05) is 26.3 Å². The van der Waals surface area contributed by atoms with Crippen molar-refractivity contribution in [2.24, 2.45) is 11.6 Å². The molecular weight excluding hydrogens is 220 g/mol. The van der Waals surface area contributed by atoms with Gasteiger partial charge in [0.05, 0.1) is 6.61 Å². The van der Waals surface area contributed by atoms with E-state index in [9.17, 15) is 4.39 Å². The number of benzene rings is 1. The summed E-state index contributed by atoms with van der Waals surface area (Å²) in [4.78, 5) is 0. The van der Waals surface area contributed by atoms with Crippen molar-refractivity contribution in [3.05, 3.63) is 29.6 Å². The van der Waals surface area contributed by atoms with E-state index < -0.39 is 7.05 Å². The van der Waals surface area contributed by atoms with Crippen molar-refractivity contribution in [2.75, 3.05) is 6.61 Å². The lowest BCUT2D eigenvalue weighted by molar-refractivity contribution is 0.260. The van der Waals surface area contributed by atoms with Crippen LogP contribution in [0.5, 0.6) is 0 Å². The van der Waals surface area contributed by atoms with Gasteiger partial charge in [0.25, 0.3) is 0 Å². The van der Waals surface area contributed by atoms with Gasteiger partial charge in [0.15, 0.2) is 0 Å². The summed E-state index contributed by atoms with van der Waals surface area (Å²) in [7, 11) is -0.619. The Morgan fingerprint density at radius 3 is 2.82 bits per heavy atom. The monoisotopic (exact) mass is 239 g/mol. The van der Waals surface area contributed by atoms with Gasteiger partial charge in [-0.15, -0.1) is 0 Å². The Kier molecular flexibility index (Phi) is 5.61. The van der Waals surface area contributed by atoms with E-state index in [1.165, 1.54) is 12.1 Å². The van der Waals surface area contributed by atoms with Crippen LogP contribution in [-0.2, 0) is 11.3 Å². The third kappa shape index (κ3) is 4.11. The van der Waals surface area contributed by atoms with E-state index in [1.807, 2.05) is 0 Å². The largest absolute Gasteiger partial charge is 0.418 e. The molecule has 3 N–H and O–H groups in total. The first kappa shape index (κ1) is 14.2. The van der Waals surface area contributed by atoms with Crippen LogP contribution in [-0.4, -0.2) is 18.8 Å². The van der Waals surface area contributed by atoms with Crippen LogP contribution in [0.4, 0.5) is 4.39 Å². The Hall–Kier alpha value is -0.905. The first-order chi connectivity index (χ1) is 8.08. The molecule has 3 nitrogen and oxygen atoms in total. The maximum Gasteiger partial charge on any atom is 0.413 e. The molecule has 1 aromatic rings. The Bertz CT molecular complexity index is 362. The SMILES string of the molecule is CCC(C)COB(N)c1ccc(F)cc1CO. The van der Waals surface area contributed by atoms with Crippen LogP contribution in [0.2, 0.25) is 0 Å². The predicted octanol–water partition coefficient (Wildman–Crippen LogP) is 1.03. The molecule has 0 saturated heterocycles. The summed E-state index contributed by atoms with van der Waals surface area (Å²) < 4.78 is 18.5. The van der Waals surface area contributed by atoms with E-state index in [4.69, 9.17) is 15.4 Å². The average Bonchev–Trinajstić information content (AvgIpc) is 2.35. The van der Waals surface area contributed by atoms with Crippen molar-refractivity contribution in [1.82, 2.24) is 0 Å². The van der Waals surface area contributed by atoms with E-state index in [2.05, 4.69) is 13.8 Å². The number of hydrogen-bond acceptors (Lipinski definition) is 3. The van der Waals surface area contributed by atoms with Crippen molar-refractivity contribution in [1.29, 1.82) is 0 Å². The van der Waals surface area contributed by atoms with Crippen molar-refractivity contribution < 1.29 is 14.2 Å². The molecule has 1 atom stereocenters. The smallest absolute Gasteiger partial charge is 0.413 e. The third-order valence-electron chi connectivity index (χ3n) is 2.84. The van der Waals surface area contributed by atoms with Crippen molar-refractivity contribution in [2.45, 2.75) is 26.9 Å². The molecule has 0 fully saturated rings. The average molecular weight is 239 g/mol. The van der Waals surface area contributed by atoms with Crippen LogP contribution in [0.3, 0.4) is 0 Å². The second kappa shape index (κ2) is 6.74. The Balaban J connectivity index is 2.71. The normalized spacial score (nSPS) is 12.5. The topological polar surface area (TPSA) is 55.5 Å². The fourth-order valence-corrected chi connectivity index (χ4v) is 1.46. The number of aliphatic hydroxyl groups excluding tert-OH is 1. The molecule has 0 aliphatic heterocycles. The van der Waals surface area contributed by atoms with Crippen LogP contribution >= 0.6 is 0 Å². The molecule has 1 unspecified atom stereocenters. The molecule has 0 saturated carbocycles. The number of aliphatic hydroxyl groups is 1. The minimum atomic E-state index is -0.619. The first-order valence-electron chi connectivity index (χ1n) is 5.84. The lowest BCUT2D eigenvalue weighted by atomic mass is 9.72. The first-order valence-corrected chi connectivity index (χ1v) is 5.84. The summed E-state index contributed by atoms with van der Waals surface area (Å²) in [6, 6.07) is 4.16. The van der Waals surface area contributed by atoms with Gasteiger partial charge in [-0.3, -0.25) is 0 Å². The second-order valence-corrected chi connectivity index (χ2v) is 4.27. The molecule has 17 heavy (non-hydrogen) atoms. The fourth-order valence-electron chi connectivity index (χ4n) is 1.46. The number of hydrogen-bond donors (Lipinski definition) is 2. The van der Waals surface area contributed by atoms with Gasteiger partial charge in [-0.25, -0.2) is 4.39 Å². The molecular formula is C12H19BFNO2. The minimum absolute atomic E-state index is 0.243. The standard InChI is InChI=1S/C12H19BFNO2/c1-3-9(2)8-17-13(15)12-5-4-11(14)6-10(12)7-16/h4-6,9,16H,3,7-8,15H2,1-2H3. The molecule has 0 aliphatic carbocycles. The van der Waals surface area contributed by atoms with Gasteiger partial charge in [0, 0.05) is 6.61 Å². The molecule has 1 rings (SSSR count). The van der Waals surface area contributed by atoms with Crippen molar-refractivity contribution in [3.63, 3.8) is 0 Å². The highest BCUT2D eigenvalue weighted by molar-refractivity contribution is 6.64. The van der Waals surface area contributed by atoms with Crippen molar-refractivity contribution in [3.8, 4) is 0 Å². The molecule has 0 aliphatic rings. The van der Waals surface area contributed by atoms with E-state index >= 15 is 0 Å². The molecule has 1 aromatic carbocycles. The van der Waals surface area contributed by atoms with E-state index in [-0.39, 0.29) is 12.4 Å². The molecule has 0 heterocycles. The predicted molar refractivity (Wildman–Crippen MR) is 67.3 cm³/mol. The number of halogens is 1. The van der Waals surface area contributed by atoms with Gasteiger partial charge in [0.1, 0.15) is 5.82 Å². The zero-order chi connectivity index (χ0) is 12.8. The molecule has 0 bridgehead atoms. The van der Waals surface area contributed by atoms with Gasteiger partial charge in [-0.2, -0.15) is 0 Å².